The minimum Gasteiger partial charge on any atom is -0.481 e. The molecule has 1 fully saturated rings. The molecule has 0 bridgehead atoms. The van der Waals surface area contributed by atoms with Crippen molar-refractivity contribution in [2.24, 2.45) is 5.92 Å². The monoisotopic (exact) mass is 318 g/mol. The summed E-state index contributed by atoms with van der Waals surface area (Å²) in [6.45, 7) is 1.68. The predicted molar refractivity (Wildman–Crippen MR) is 75.3 cm³/mol. The molecular weight excluding hydrogens is 301 g/mol. The molecule has 2 rings (SSSR count). The van der Waals surface area contributed by atoms with E-state index in [2.05, 4.69) is 0 Å². The first-order valence-corrected chi connectivity index (χ1v) is 7.65. The van der Waals surface area contributed by atoms with Crippen LogP contribution in [0.5, 0.6) is 0 Å². The Morgan fingerprint density at radius 1 is 1.19 bits per heavy atom. The van der Waals surface area contributed by atoms with E-state index in [0.717, 1.165) is 25.7 Å². The number of thioether (sulfide) groups is 1. The van der Waals surface area contributed by atoms with E-state index in [0.29, 0.717) is 5.56 Å². The van der Waals surface area contributed by atoms with Crippen molar-refractivity contribution in [3.05, 3.63) is 29.8 Å². The van der Waals surface area contributed by atoms with Crippen LogP contribution in [0, 0.1) is 5.92 Å². The highest BCUT2D eigenvalue weighted by molar-refractivity contribution is 8.00. The Kier molecular flexibility index (Phi) is 4.56. The van der Waals surface area contributed by atoms with Crippen LogP contribution in [0.2, 0.25) is 0 Å². The Hall–Kier alpha value is -1.17. The molecule has 0 radical (unpaired) electrons. The van der Waals surface area contributed by atoms with Gasteiger partial charge in [0, 0.05) is 4.90 Å². The van der Waals surface area contributed by atoms with E-state index in [1.165, 1.54) is 24.3 Å². The summed E-state index contributed by atoms with van der Waals surface area (Å²) in [5.74, 6) is -0.873. The van der Waals surface area contributed by atoms with Crippen molar-refractivity contribution in [3.8, 4) is 0 Å². The van der Waals surface area contributed by atoms with Crippen molar-refractivity contribution in [1.29, 1.82) is 0 Å². The third kappa shape index (κ3) is 3.54. The zero-order valence-corrected chi connectivity index (χ0v) is 12.4. The van der Waals surface area contributed by atoms with Crippen molar-refractivity contribution >= 4 is 17.7 Å². The first kappa shape index (κ1) is 16.2. The third-order valence-electron chi connectivity index (χ3n) is 4.30. The van der Waals surface area contributed by atoms with Crippen LogP contribution < -0.4 is 0 Å². The van der Waals surface area contributed by atoms with Crippen LogP contribution in [0.4, 0.5) is 13.2 Å². The number of hydrogen-bond donors (Lipinski definition) is 1. The third-order valence-corrected chi connectivity index (χ3v) is 5.04. The molecule has 1 N–H and O–H groups in total. The number of carboxylic acids is 1. The Labute approximate surface area is 125 Å². The molecule has 6 heteroatoms. The molecule has 1 atom stereocenters. The van der Waals surface area contributed by atoms with E-state index >= 15 is 0 Å². The van der Waals surface area contributed by atoms with E-state index in [1.54, 1.807) is 6.92 Å². The van der Waals surface area contributed by atoms with Gasteiger partial charge in [-0.1, -0.05) is 25.0 Å². The minimum absolute atomic E-state index is 0.0381. The maximum atomic E-state index is 12.3. The summed E-state index contributed by atoms with van der Waals surface area (Å²) in [5.41, 5.74) is -4.78. The summed E-state index contributed by atoms with van der Waals surface area (Å²) in [6, 6.07) is 5.73. The summed E-state index contributed by atoms with van der Waals surface area (Å²) in [5, 5.41) is 9.62. The fourth-order valence-electron chi connectivity index (χ4n) is 3.04. The predicted octanol–water partition coefficient (Wildman–Crippen LogP) is 4.83. The van der Waals surface area contributed by atoms with Crippen LogP contribution in [-0.2, 0) is 10.2 Å². The van der Waals surface area contributed by atoms with Crippen molar-refractivity contribution in [3.63, 3.8) is 0 Å². The standard InChI is InChI=1S/C15H17F3O2S/c1-14(13(19)20,10-4-2-3-5-10)11-6-8-12(9-7-11)21-15(16,17)18/h6-10H,2-5H2,1H3,(H,19,20). The quantitative estimate of drug-likeness (QED) is 0.808. The number of aliphatic carboxylic acids is 1. The maximum Gasteiger partial charge on any atom is 0.446 e. The van der Waals surface area contributed by atoms with Crippen LogP contribution >= 0.6 is 11.8 Å². The van der Waals surface area contributed by atoms with Crippen LogP contribution in [0.15, 0.2) is 29.2 Å². The fraction of sp³-hybridized carbons (Fsp3) is 0.533. The second-order valence-corrected chi connectivity index (χ2v) is 6.70. The van der Waals surface area contributed by atoms with E-state index in [1.807, 2.05) is 0 Å². The molecule has 0 amide bonds. The maximum absolute atomic E-state index is 12.3. The van der Waals surface area contributed by atoms with E-state index in [4.69, 9.17) is 0 Å². The Balaban J connectivity index is 2.27. The highest BCUT2D eigenvalue weighted by atomic mass is 32.2. The van der Waals surface area contributed by atoms with Gasteiger partial charge < -0.3 is 5.11 Å². The lowest BCUT2D eigenvalue weighted by atomic mass is 9.71. The normalized spacial score (nSPS) is 19.4. The summed E-state index contributed by atoms with van der Waals surface area (Å²) >= 11 is -0.187. The number of hydrogen-bond acceptors (Lipinski definition) is 2. The molecule has 1 aromatic carbocycles. The number of rotatable bonds is 4. The number of carboxylic acid groups (broad SMARTS) is 1. The number of carbonyl (C=O) groups is 1. The van der Waals surface area contributed by atoms with Crippen molar-refractivity contribution < 1.29 is 23.1 Å². The summed E-state index contributed by atoms with van der Waals surface area (Å²) in [7, 11) is 0. The van der Waals surface area contributed by atoms with Gasteiger partial charge in [0.2, 0.25) is 0 Å². The van der Waals surface area contributed by atoms with Gasteiger partial charge >= 0.3 is 11.5 Å². The second-order valence-electron chi connectivity index (χ2n) is 5.56. The van der Waals surface area contributed by atoms with Crippen LogP contribution in [0.3, 0.4) is 0 Å². The van der Waals surface area contributed by atoms with Gasteiger partial charge in [-0.25, -0.2) is 0 Å². The van der Waals surface area contributed by atoms with Gasteiger partial charge in [-0.3, -0.25) is 4.79 Å². The zero-order valence-electron chi connectivity index (χ0n) is 11.6. The van der Waals surface area contributed by atoms with Gasteiger partial charge in [0.1, 0.15) is 0 Å². The van der Waals surface area contributed by atoms with Crippen LogP contribution in [0.1, 0.15) is 38.2 Å². The molecule has 1 unspecified atom stereocenters. The number of benzene rings is 1. The molecule has 0 aliphatic heterocycles. The SMILES string of the molecule is CC(C(=O)O)(c1ccc(SC(F)(F)F)cc1)C1CCCC1. The zero-order chi connectivity index (χ0) is 15.7. The Morgan fingerprint density at radius 2 is 1.71 bits per heavy atom. The summed E-state index contributed by atoms with van der Waals surface area (Å²) in [4.78, 5) is 11.8. The van der Waals surface area contributed by atoms with E-state index in [9.17, 15) is 23.1 Å². The molecule has 1 aliphatic rings. The Morgan fingerprint density at radius 3 is 2.14 bits per heavy atom. The highest BCUT2D eigenvalue weighted by Gasteiger charge is 2.44. The minimum atomic E-state index is -4.33. The summed E-state index contributed by atoms with van der Waals surface area (Å²) in [6.07, 6.45) is 3.72. The molecule has 0 spiro atoms. The lowest BCUT2D eigenvalue weighted by molar-refractivity contribution is -0.145. The van der Waals surface area contributed by atoms with Gasteiger partial charge in [-0.15, -0.1) is 0 Å². The highest BCUT2D eigenvalue weighted by Crippen LogP contribution is 2.43. The Bertz CT molecular complexity index is 507. The molecule has 2 nitrogen and oxygen atoms in total. The van der Waals surface area contributed by atoms with E-state index < -0.39 is 16.9 Å². The first-order valence-electron chi connectivity index (χ1n) is 6.83. The van der Waals surface area contributed by atoms with Gasteiger partial charge in [0.05, 0.1) is 5.41 Å². The molecular formula is C15H17F3O2S. The molecule has 0 heterocycles. The lowest BCUT2D eigenvalue weighted by Gasteiger charge is -2.32. The summed E-state index contributed by atoms with van der Waals surface area (Å²) < 4.78 is 37.0. The lowest BCUT2D eigenvalue weighted by Crippen LogP contribution is -2.39. The molecule has 1 aromatic rings. The number of alkyl halides is 3. The number of halogens is 3. The van der Waals surface area contributed by atoms with Gasteiger partial charge in [-0.2, -0.15) is 13.2 Å². The van der Waals surface area contributed by atoms with Crippen molar-refractivity contribution in [1.82, 2.24) is 0 Å². The van der Waals surface area contributed by atoms with Crippen molar-refractivity contribution in [2.45, 2.75) is 48.4 Å². The first-order chi connectivity index (χ1) is 9.73. The smallest absolute Gasteiger partial charge is 0.446 e. The average Bonchev–Trinajstić information content (AvgIpc) is 2.90. The average molecular weight is 318 g/mol. The van der Waals surface area contributed by atoms with Crippen molar-refractivity contribution in [2.75, 3.05) is 0 Å². The second kappa shape index (κ2) is 5.91. The van der Waals surface area contributed by atoms with E-state index in [-0.39, 0.29) is 22.6 Å². The molecule has 1 saturated carbocycles. The largest absolute Gasteiger partial charge is 0.481 e. The van der Waals surface area contributed by atoms with Gasteiger partial charge in [0.15, 0.2) is 0 Å². The molecule has 0 saturated heterocycles. The molecule has 21 heavy (non-hydrogen) atoms. The van der Waals surface area contributed by atoms with Crippen LogP contribution in [-0.4, -0.2) is 16.6 Å². The molecule has 0 aromatic heterocycles. The molecule has 116 valence electrons. The van der Waals surface area contributed by atoms with Crippen LogP contribution in [0.25, 0.3) is 0 Å². The van der Waals surface area contributed by atoms with Gasteiger partial charge in [-0.05, 0) is 55.1 Å². The fourth-order valence-corrected chi connectivity index (χ4v) is 3.58. The topological polar surface area (TPSA) is 37.3 Å². The molecule has 1 aliphatic carbocycles. The van der Waals surface area contributed by atoms with Gasteiger partial charge in [0.25, 0.3) is 0 Å².